The number of furan rings is 1. The number of aliphatic imine (C=N–C) groups is 1. The normalized spacial score (nSPS) is 25.4. The molecule has 25 heavy (non-hydrogen) atoms. The molecule has 1 aromatic heterocycles. The number of hydrogen-bond acceptors (Lipinski definition) is 3. The van der Waals surface area contributed by atoms with Crippen LogP contribution in [0.15, 0.2) is 40.0 Å². The van der Waals surface area contributed by atoms with Gasteiger partial charge in [-0.15, -0.1) is 0 Å². The maximum atomic E-state index is 5.44. The molecule has 1 atom stereocenters. The summed E-state index contributed by atoms with van der Waals surface area (Å²) >= 11 is 0. The molecule has 1 saturated carbocycles. The highest BCUT2D eigenvalue weighted by Gasteiger charge is 2.30. The van der Waals surface area contributed by atoms with Gasteiger partial charge in [-0.25, -0.2) is 0 Å². The van der Waals surface area contributed by atoms with Crippen molar-refractivity contribution in [1.82, 2.24) is 15.1 Å². The van der Waals surface area contributed by atoms with E-state index in [1.807, 2.05) is 12.1 Å². The summed E-state index contributed by atoms with van der Waals surface area (Å²) in [5, 5.41) is 3.76. The average Bonchev–Trinajstić information content (AvgIpc) is 3.41. The van der Waals surface area contributed by atoms with Crippen molar-refractivity contribution in [2.75, 3.05) is 32.7 Å². The first-order chi connectivity index (χ1) is 12.4. The van der Waals surface area contributed by atoms with Crippen LogP contribution in [-0.2, 0) is 6.42 Å². The van der Waals surface area contributed by atoms with Crippen LogP contribution >= 0.6 is 0 Å². The van der Waals surface area contributed by atoms with E-state index in [-0.39, 0.29) is 0 Å². The molecule has 3 heterocycles. The van der Waals surface area contributed by atoms with Gasteiger partial charge in [0.05, 0.1) is 6.26 Å². The zero-order valence-electron chi connectivity index (χ0n) is 15.1. The van der Waals surface area contributed by atoms with Gasteiger partial charge in [-0.1, -0.05) is 25.0 Å². The predicted octanol–water partition coefficient (Wildman–Crippen LogP) is 2.66. The van der Waals surface area contributed by atoms with Crippen LogP contribution in [0.4, 0.5) is 0 Å². The second kappa shape index (κ2) is 8.09. The van der Waals surface area contributed by atoms with Crippen LogP contribution in [0.1, 0.15) is 37.9 Å². The Morgan fingerprint density at radius 3 is 2.80 bits per heavy atom. The van der Waals surface area contributed by atoms with Crippen LogP contribution < -0.4 is 5.32 Å². The Balaban J connectivity index is 1.37. The van der Waals surface area contributed by atoms with Crippen LogP contribution in [0.5, 0.6) is 0 Å². The number of likely N-dealkylation sites (tertiary alicyclic amines) is 1. The van der Waals surface area contributed by atoms with Crippen molar-refractivity contribution in [3.8, 4) is 0 Å². The topological polar surface area (TPSA) is 44.0 Å². The Morgan fingerprint density at radius 2 is 2.04 bits per heavy atom. The highest BCUT2D eigenvalue weighted by atomic mass is 16.3. The fourth-order valence-electron chi connectivity index (χ4n) is 4.24. The van der Waals surface area contributed by atoms with E-state index in [1.165, 1.54) is 32.1 Å². The summed E-state index contributed by atoms with van der Waals surface area (Å²) in [5.41, 5.74) is 0. The van der Waals surface area contributed by atoms with Gasteiger partial charge in [0.2, 0.25) is 0 Å². The predicted molar refractivity (Wildman–Crippen MR) is 101 cm³/mol. The summed E-state index contributed by atoms with van der Waals surface area (Å²) in [5.74, 6) is 2.14. The van der Waals surface area contributed by atoms with Crippen molar-refractivity contribution in [2.24, 2.45) is 4.99 Å². The smallest absolute Gasteiger partial charge is 0.194 e. The molecule has 3 aliphatic rings. The van der Waals surface area contributed by atoms with E-state index in [9.17, 15) is 0 Å². The lowest BCUT2D eigenvalue weighted by Gasteiger charge is -2.27. The Kier molecular flexibility index (Phi) is 5.40. The van der Waals surface area contributed by atoms with Gasteiger partial charge < -0.3 is 14.6 Å². The van der Waals surface area contributed by atoms with Crippen molar-refractivity contribution in [2.45, 2.75) is 50.6 Å². The first-order valence-electron chi connectivity index (χ1n) is 9.86. The number of hydrogen-bond donors (Lipinski definition) is 1. The Morgan fingerprint density at radius 1 is 1.20 bits per heavy atom. The molecule has 0 bridgehead atoms. The third kappa shape index (κ3) is 4.27. The fourth-order valence-corrected chi connectivity index (χ4v) is 4.24. The van der Waals surface area contributed by atoms with Gasteiger partial charge in [0, 0.05) is 51.2 Å². The minimum Gasteiger partial charge on any atom is -0.469 e. The quantitative estimate of drug-likeness (QED) is 0.508. The molecular weight excluding hydrogens is 312 g/mol. The number of nitrogens with one attached hydrogen (secondary N) is 1. The highest BCUT2D eigenvalue weighted by molar-refractivity contribution is 5.80. The monoisotopic (exact) mass is 342 g/mol. The van der Waals surface area contributed by atoms with Crippen molar-refractivity contribution in [3.63, 3.8) is 0 Å². The minimum atomic E-state index is 0.606. The SMILES string of the molecule is C1=CCN(C2CCN(C(=NCCc3ccco3)NC3CCCC3)C2)C1. The van der Waals surface area contributed by atoms with Gasteiger partial charge >= 0.3 is 0 Å². The number of guanidine groups is 1. The molecule has 1 saturated heterocycles. The van der Waals surface area contributed by atoms with E-state index in [1.54, 1.807) is 6.26 Å². The van der Waals surface area contributed by atoms with Crippen molar-refractivity contribution < 1.29 is 4.42 Å². The maximum absolute atomic E-state index is 5.44. The molecule has 2 fully saturated rings. The molecule has 1 aliphatic carbocycles. The molecular formula is C20H30N4O. The molecule has 4 rings (SSSR count). The van der Waals surface area contributed by atoms with Crippen LogP contribution in [0.3, 0.4) is 0 Å². The molecule has 0 amide bonds. The molecule has 136 valence electrons. The molecule has 1 aromatic rings. The van der Waals surface area contributed by atoms with E-state index < -0.39 is 0 Å². The zero-order valence-corrected chi connectivity index (χ0v) is 15.1. The molecule has 1 unspecified atom stereocenters. The Labute approximate surface area is 150 Å². The average molecular weight is 342 g/mol. The number of rotatable bonds is 5. The highest BCUT2D eigenvalue weighted by Crippen LogP contribution is 2.21. The van der Waals surface area contributed by atoms with Crippen molar-refractivity contribution in [3.05, 3.63) is 36.3 Å². The second-order valence-corrected chi connectivity index (χ2v) is 7.47. The van der Waals surface area contributed by atoms with Crippen molar-refractivity contribution in [1.29, 1.82) is 0 Å². The minimum absolute atomic E-state index is 0.606. The van der Waals surface area contributed by atoms with Gasteiger partial charge in [-0.05, 0) is 31.4 Å². The summed E-state index contributed by atoms with van der Waals surface area (Å²) in [6.45, 7) is 5.22. The van der Waals surface area contributed by atoms with Gasteiger partial charge in [0.25, 0.3) is 0 Å². The van der Waals surface area contributed by atoms with Crippen LogP contribution in [-0.4, -0.2) is 60.6 Å². The molecule has 5 nitrogen and oxygen atoms in total. The first kappa shape index (κ1) is 16.7. The maximum Gasteiger partial charge on any atom is 0.194 e. The van der Waals surface area contributed by atoms with Gasteiger partial charge in [-0.3, -0.25) is 9.89 Å². The van der Waals surface area contributed by atoms with E-state index in [4.69, 9.17) is 9.41 Å². The van der Waals surface area contributed by atoms with E-state index >= 15 is 0 Å². The standard InChI is InChI=1S/C20H30N4O/c1-2-7-17(6-1)22-20(21-11-9-19-8-5-15-25-19)24-14-10-18(16-24)23-12-3-4-13-23/h3-5,8,15,17-18H,1-2,6-7,9-14,16H2,(H,21,22). The molecule has 5 heteroatoms. The molecule has 1 N–H and O–H groups in total. The number of nitrogens with zero attached hydrogens (tertiary/aromatic N) is 3. The largest absolute Gasteiger partial charge is 0.469 e. The third-order valence-corrected chi connectivity index (χ3v) is 5.71. The lowest BCUT2D eigenvalue weighted by atomic mass is 10.2. The van der Waals surface area contributed by atoms with E-state index in [2.05, 4.69) is 27.3 Å². The fraction of sp³-hybridized carbons (Fsp3) is 0.650. The molecule has 0 spiro atoms. The Hall–Kier alpha value is -1.75. The summed E-state index contributed by atoms with van der Waals surface area (Å²) < 4.78 is 5.44. The summed E-state index contributed by atoms with van der Waals surface area (Å²) in [7, 11) is 0. The molecule has 2 aliphatic heterocycles. The first-order valence-corrected chi connectivity index (χ1v) is 9.86. The molecule has 0 aromatic carbocycles. The van der Waals surface area contributed by atoms with Gasteiger partial charge in [0.1, 0.15) is 5.76 Å². The zero-order chi connectivity index (χ0) is 16.9. The van der Waals surface area contributed by atoms with Crippen LogP contribution in [0.25, 0.3) is 0 Å². The van der Waals surface area contributed by atoms with E-state index in [0.29, 0.717) is 12.1 Å². The Bertz CT molecular complexity index is 581. The van der Waals surface area contributed by atoms with Gasteiger partial charge in [-0.2, -0.15) is 0 Å². The summed E-state index contributed by atoms with van der Waals surface area (Å²) in [4.78, 5) is 10.00. The molecule has 0 radical (unpaired) electrons. The summed E-state index contributed by atoms with van der Waals surface area (Å²) in [6.07, 6.45) is 13.7. The lowest BCUT2D eigenvalue weighted by molar-refractivity contribution is 0.259. The lowest BCUT2D eigenvalue weighted by Crippen LogP contribution is -2.46. The summed E-state index contributed by atoms with van der Waals surface area (Å²) in [6, 6.07) is 5.25. The second-order valence-electron chi connectivity index (χ2n) is 7.47. The van der Waals surface area contributed by atoms with Crippen molar-refractivity contribution >= 4 is 5.96 Å². The van der Waals surface area contributed by atoms with Gasteiger partial charge in [0.15, 0.2) is 5.96 Å². The van der Waals surface area contributed by atoms with Crippen LogP contribution in [0.2, 0.25) is 0 Å². The van der Waals surface area contributed by atoms with E-state index in [0.717, 1.165) is 50.9 Å². The van der Waals surface area contributed by atoms with Crippen LogP contribution in [0, 0.1) is 0 Å². The third-order valence-electron chi connectivity index (χ3n) is 5.71.